The van der Waals surface area contributed by atoms with Crippen LogP contribution in [-0.2, 0) is 14.3 Å². The molecular weight excluding hydrogens is 610 g/mol. The van der Waals surface area contributed by atoms with Crippen LogP contribution in [0, 0.1) is 18.5 Å². The summed E-state index contributed by atoms with van der Waals surface area (Å²) >= 11 is 4.18. The number of nitrogens with zero attached hydrogens (tertiary/aromatic N) is 1. The SMILES string of the molecule is CCOC(=O)COc1c(I)cc(/C=C(/C#N)C(=O)N[C@H](C)c2ccccc2)cc1I. The van der Waals surface area contributed by atoms with Crippen LogP contribution in [0.4, 0.5) is 0 Å². The second kappa shape index (κ2) is 11.9. The lowest BCUT2D eigenvalue weighted by atomic mass is 10.1. The maximum atomic E-state index is 12.6. The average molecular weight is 630 g/mol. The van der Waals surface area contributed by atoms with E-state index in [4.69, 9.17) is 9.47 Å². The number of carbonyl (C=O) groups excluding carboxylic acids is 2. The number of ether oxygens (including phenoxy) is 2. The van der Waals surface area contributed by atoms with E-state index in [0.29, 0.717) is 17.9 Å². The largest absolute Gasteiger partial charge is 0.480 e. The smallest absolute Gasteiger partial charge is 0.344 e. The van der Waals surface area contributed by atoms with E-state index >= 15 is 0 Å². The van der Waals surface area contributed by atoms with E-state index in [9.17, 15) is 14.9 Å². The van der Waals surface area contributed by atoms with Crippen LogP contribution >= 0.6 is 45.2 Å². The van der Waals surface area contributed by atoms with Gasteiger partial charge in [-0.25, -0.2) is 4.79 Å². The molecule has 0 aliphatic rings. The fourth-order valence-corrected chi connectivity index (χ4v) is 4.68. The number of halogens is 2. The molecule has 0 aromatic heterocycles. The van der Waals surface area contributed by atoms with Crippen LogP contribution in [0.25, 0.3) is 6.08 Å². The minimum atomic E-state index is -0.443. The van der Waals surface area contributed by atoms with Gasteiger partial charge < -0.3 is 14.8 Å². The first-order chi connectivity index (χ1) is 14.3. The van der Waals surface area contributed by atoms with Crippen molar-refractivity contribution in [2.45, 2.75) is 19.9 Å². The van der Waals surface area contributed by atoms with Crippen LogP contribution in [0.3, 0.4) is 0 Å². The number of benzene rings is 2. The first-order valence-electron chi connectivity index (χ1n) is 9.10. The molecular formula is C22H20I2N2O4. The summed E-state index contributed by atoms with van der Waals surface area (Å²) in [5.74, 6) is -0.326. The molecule has 0 spiro atoms. The summed E-state index contributed by atoms with van der Waals surface area (Å²) in [6, 6.07) is 14.8. The molecule has 0 bridgehead atoms. The molecule has 30 heavy (non-hydrogen) atoms. The Morgan fingerprint density at radius 1 is 1.20 bits per heavy atom. The quantitative estimate of drug-likeness (QED) is 0.199. The number of nitriles is 1. The van der Waals surface area contributed by atoms with Gasteiger partial charge in [-0.15, -0.1) is 0 Å². The molecule has 2 rings (SSSR count). The minimum Gasteiger partial charge on any atom is -0.480 e. The molecule has 0 saturated carbocycles. The van der Waals surface area contributed by atoms with Crippen molar-refractivity contribution in [2.24, 2.45) is 0 Å². The topological polar surface area (TPSA) is 88.4 Å². The van der Waals surface area contributed by atoms with Gasteiger partial charge in [-0.05, 0) is 88.4 Å². The molecule has 0 unspecified atom stereocenters. The summed E-state index contributed by atoms with van der Waals surface area (Å²) in [5, 5.41) is 12.3. The van der Waals surface area contributed by atoms with Crippen molar-refractivity contribution in [3.63, 3.8) is 0 Å². The fourth-order valence-electron chi connectivity index (χ4n) is 2.55. The molecule has 0 aliphatic heterocycles. The molecule has 1 atom stereocenters. The zero-order valence-corrected chi connectivity index (χ0v) is 20.8. The van der Waals surface area contributed by atoms with E-state index in [0.717, 1.165) is 12.7 Å². The van der Waals surface area contributed by atoms with Gasteiger partial charge in [-0.3, -0.25) is 4.79 Å². The Bertz CT molecular complexity index is 961. The number of rotatable bonds is 8. The lowest BCUT2D eigenvalue weighted by molar-refractivity contribution is -0.145. The van der Waals surface area contributed by atoms with Gasteiger partial charge >= 0.3 is 5.97 Å². The van der Waals surface area contributed by atoms with Gasteiger partial charge in [0.2, 0.25) is 0 Å². The van der Waals surface area contributed by atoms with Crippen molar-refractivity contribution < 1.29 is 19.1 Å². The lowest BCUT2D eigenvalue weighted by Crippen LogP contribution is -2.27. The fraction of sp³-hybridized carbons (Fsp3) is 0.227. The molecule has 0 fully saturated rings. The highest BCUT2D eigenvalue weighted by Gasteiger charge is 2.15. The Labute approximate surface area is 202 Å². The number of esters is 1. The van der Waals surface area contributed by atoms with E-state index in [2.05, 4.69) is 50.5 Å². The standard InChI is InChI=1S/C22H20I2N2O4/c1-3-29-20(27)13-30-21-18(23)10-15(11-19(21)24)9-17(12-25)22(28)26-14(2)16-7-5-4-6-8-16/h4-11,14H,3,13H2,1-2H3,(H,26,28)/b17-9-/t14-/m1/s1. The Morgan fingerprint density at radius 3 is 2.40 bits per heavy atom. The monoisotopic (exact) mass is 630 g/mol. The number of carbonyl (C=O) groups is 2. The van der Waals surface area contributed by atoms with E-state index in [1.54, 1.807) is 19.1 Å². The minimum absolute atomic E-state index is 0.00423. The lowest BCUT2D eigenvalue weighted by Gasteiger charge is -2.14. The molecule has 2 aromatic rings. The van der Waals surface area contributed by atoms with Gasteiger partial charge in [0.25, 0.3) is 5.91 Å². The normalized spacial score (nSPS) is 11.9. The van der Waals surface area contributed by atoms with Crippen molar-refractivity contribution in [1.29, 1.82) is 5.26 Å². The summed E-state index contributed by atoms with van der Waals surface area (Å²) in [5.41, 5.74) is 1.64. The predicted molar refractivity (Wildman–Crippen MR) is 131 cm³/mol. The Morgan fingerprint density at radius 2 is 1.83 bits per heavy atom. The van der Waals surface area contributed by atoms with Gasteiger partial charge in [0.1, 0.15) is 17.4 Å². The highest BCUT2D eigenvalue weighted by atomic mass is 127. The molecule has 1 N–H and O–H groups in total. The van der Waals surface area contributed by atoms with E-state index in [1.165, 1.54) is 6.08 Å². The van der Waals surface area contributed by atoms with Crippen molar-refractivity contribution in [3.8, 4) is 11.8 Å². The van der Waals surface area contributed by atoms with E-state index < -0.39 is 11.9 Å². The van der Waals surface area contributed by atoms with Crippen molar-refractivity contribution in [3.05, 3.63) is 66.3 Å². The van der Waals surface area contributed by atoms with Crippen LogP contribution in [0.2, 0.25) is 0 Å². The van der Waals surface area contributed by atoms with Gasteiger partial charge in [0, 0.05) is 0 Å². The van der Waals surface area contributed by atoms with E-state index in [1.807, 2.05) is 43.3 Å². The van der Waals surface area contributed by atoms with E-state index in [-0.39, 0.29) is 18.2 Å². The number of hydrogen-bond donors (Lipinski definition) is 1. The van der Waals surface area contributed by atoms with Crippen molar-refractivity contribution in [2.75, 3.05) is 13.2 Å². The summed E-state index contributed by atoms with van der Waals surface area (Å²) in [4.78, 5) is 24.1. The van der Waals surface area contributed by atoms with Crippen LogP contribution in [0.5, 0.6) is 5.75 Å². The van der Waals surface area contributed by atoms with Crippen LogP contribution < -0.4 is 10.1 Å². The Kier molecular flexibility index (Phi) is 9.58. The molecule has 0 aliphatic carbocycles. The summed E-state index contributed by atoms with van der Waals surface area (Å²) in [6.45, 7) is 3.71. The summed E-state index contributed by atoms with van der Waals surface area (Å²) in [6.07, 6.45) is 1.53. The number of amides is 1. The average Bonchev–Trinajstić information content (AvgIpc) is 2.72. The summed E-state index contributed by atoms with van der Waals surface area (Å²) < 4.78 is 11.9. The zero-order chi connectivity index (χ0) is 22.1. The van der Waals surface area contributed by atoms with Crippen LogP contribution in [-0.4, -0.2) is 25.1 Å². The van der Waals surface area contributed by atoms with Gasteiger partial charge in [0.05, 0.1) is 19.8 Å². The maximum Gasteiger partial charge on any atom is 0.344 e. The molecule has 0 heterocycles. The molecule has 1 amide bonds. The van der Waals surface area contributed by atoms with Gasteiger partial charge in [-0.1, -0.05) is 30.3 Å². The highest BCUT2D eigenvalue weighted by Crippen LogP contribution is 2.30. The number of nitrogens with one attached hydrogen (secondary N) is 1. The molecule has 8 heteroatoms. The highest BCUT2D eigenvalue weighted by molar-refractivity contribution is 14.1. The van der Waals surface area contributed by atoms with Crippen LogP contribution in [0.1, 0.15) is 31.0 Å². The molecule has 0 saturated heterocycles. The maximum absolute atomic E-state index is 12.6. The second-order valence-corrected chi connectivity index (χ2v) is 8.51. The van der Waals surface area contributed by atoms with Crippen molar-refractivity contribution in [1.82, 2.24) is 5.32 Å². The molecule has 0 radical (unpaired) electrons. The third kappa shape index (κ3) is 6.98. The molecule has 156 valence electrons. The molecule has 6 nitrogen and oxygen atoms in total. The predicted octanol–water partition coefficient (Wildman–Crippen LogP) is 4.62. The zero-order valence-electron chi connectivity index (χ0n) is 16.4. The van der Waals surface area contributed by atoms with Gasteiger partial charge in [0.15, 0.2) is 6.61 Å². The molecule has 2 aromatic carbocycles. The summed E-state index contributed by atoms with van der Waals surface area (Å²) in [7, 11) is 0. The Hall–Kier alpha value is -2.13. The number of hydrogen-bond acceptors (Lipinski definition) is 5. The second-order valence-electron chi connectivity index (χ2n) is 6.18. The first-order valence-corrected chi connectivity index (χ1v) is 11.3. The Balaban J connectivity index is 2.16. The van der Waals surface area contributed by atoms with Crippen LogP contribution in [0.15, 0.2) is 48.0 Å². The third-order valence-electron chi connectivity index (χ3n) is 3.98. The van der Waals surface area contributed by atoms with Gasteiger partial charge in [-0.2, -0.15) is 5.26 Å². The third-order valence-corrected chi connectivity index (χ3v) is 5.59. The first kappa shape index (κ1) is 24.1. The van der Waals surface area contributed by atoms with Crippen molar-refractivity contribution >= 4 is 63.1 Å².